The maximum atomic E-state index is 13.1. The molecule has 1 N–H and O–H groups in total. The highest BCUT2D eigenvalue weighted by Gasteiger charge is 2.19. The summed E-state index contributed by atoms with van der Waals surface area (Å²) in [6.07, 6.45) is 0.824. The van der Waals surface area contributed by atoms with Gasteiger partial charge in [0.1, 0.15) is 0 Å². The average molecular weight is 411 g/mol. The molecular formula is C22H26N4O2S. The molecule has 0 aliphatic rings. The minimum atomic E-state index is -0.400. The van der Waals surface area contributed by atoms with Crippen LogP contribution in [0.4, 0.5) is 5.69 Å². The summed E-state index contributed by atoms with van der Waals surface area (Å²) in [7, 11) is 4.01. The molecule has 29 heavy (non-hydrogen) atoms. The number of para-hydroxylation sites is 2. The molecular weight excluding hydrogens is 384 g/mol. The van der Waals surface area contributed by atoms with E-state index >= 15 is 0 Å². The fourth-order valence-electron chi connectivity index (χ4n) is 2.96. The lowest BCUT2D eigenvalue weighted by atomic mass is 10.2. The van der Waals surface area contributed by atoms with Crippen LogP contribution in [0.5, 0.6) is 0 Å². The molecule has 0 saturated heterocycles. The van der Waals surface area contributed by atoms with E-state index in [9.17, 15) is 9.59 Å². The Morgan fingerprint density at radius 1 is 1.14 bits per heavy atom. The fourth-order valence-corrected chi connectivity index (χ4v) is 3.89. The number of rotatable bonds is 8. The monoisotopic (exact) mass is 410 g/mol. The molecule has 1 aromatic heterocycles. The molecule has 0 radical (unpaired) electrons. The van der Waals surface area contributed by atoms with Crippen molar-refractivity contribution in [1.29, 1.82) is 0 Å². The van der Waals surface area contributed by atoms with Gasteiger partial charge in [0, 0.05) is 12.2 Å². The lowest BCUT2D eigenvalue weighted by molar-refractivity contribution is -0.115. The number of carbonyl (C=O) groups excluding carboxylic acids is 1. The van der Waals surface area contributed by atoms with Crippen LogP contribution in [0.3, 0.4) is 0 Å². The molecule has 0 spiro atoms. The van der Waals surface area contributed by atoms with Crippen LogP contribution in [-0.4, -0.2) is 46.2 Å². The Morgan fingerprint density at radius 3 is 2.55 bits per heavy atom. The van der Waals surface area contributed by atoms with Gasteiger partial charge in [-0.05, 0) is 58.3 Å². The van der Waals surface area contributed by atoms with Crippen molar-refractivity contribution in [3.05, 3.63) is 65.0 Å². The summed E-state index contributed by atoms with van der Waals surface area (Å²) >= 11 is 1.31. The molecule has 152 valence electrons. The Labute approximate surface area is 174 Å². The Kier molecular flexibility index (Phi) is 7.06. The van der Waals surface area contributed by atoms with Gasteiger partial charge in [-0.3, -0.25) is 14.2 Å². The fraction of sp³-hybridized carbons (Fsp3) is 0.318. The van der Waals surface area contributed by atoms with Gasteiger partial charge in [0.25, 0.3) is 5.56 Å². The van der Waals surface area contributed by atoms with E-state index in [0.717, 1.165) is 18.7 Å². The second kappa shape index (κ2) is 9.71. The third-order valence-corrected chi connectivity index (χ3v) is 5.60. The first-order valence-corrected chi connectivity index (χ1v) is 10.5. The van der Waals surface area contributed by atoms with E-state index in [1.165, 1.54) is 11.8 Å². The van der Waals surface area contributed by atoms with Crippen LogP contribution >= 0.6 is 11.8 Å². The molecule has 0 fully saturated rings. The zero-order valence-corrected chi connectivity index (χ0v) is 17.8. The number of amides is 1. The number of fused-ring (bicyclic) bond motifs is 1. The molecule has 7 heteroatoms. The number of nitrogens with zero attached hydrogens (tertiary/aromatic N) is 3. The molecule has 2 aromatic carbocycles. The number of hydrogen-bond acceptors (Lipinski definition) is 5. The molecule has 1 atom stereocenters. The van der Waals surface area contributed by atoms with Crippen molar-refractivity contribution in [3.8, 4) is 0 Å². The van der Waals surface area contributed by atoms with Gasteiger partial charge in [-0.1, -0.05) is 42.1 Å². The van der Waals surface area contributed by atoms with Crippen molar-refractivity contribution in [1.82, 2.24) is 14.5 Å². The van der Waals surface area contributed by atoms with Crippen LogP contribution in [0.1, 0.15) is 13.3 Å². The molecule has 1 heterocycles. The second-order valence-corrected chi connectivity index (χ2v) is 8.45. The molecule has 0 bridgehead atoms. The number of hydrogen-bond donors (Lipinski definition) is 1. The SMILES string of the molecule is C[C@H](Sc1nc2ccccc2c(=O)n1CCCN(C)C)C(=O)Nc1ccccc1. The van der Waals surface area contributed by atoms with Crippen LogP contribution < -0.4 is 10.9 Å². The molecule has 0 aliphatic carbocycles. The number of nitrogens with one attached hydrogen (secondary N) is 1. The summed E-state index contributed by atoms with van der Waals surface area (Å²) in [6.45, 7) is 3.26. The average Bonchev–Trinajstić information content (AvgIpc) is 2.70. The normalized spacial score (nSPS) is 12.3. The first kappa shape index (κ1) is 21.1. The van der Waals surface area contributed by atoms with E-state index in [0.29, 0.717) is 22.6 Å². The number of thioether (sulfide) groups is 1. The third kappa shape index (κ3) is 5.46. The third-order valence-electron chi connectivity index (χ3n) is 4.51. The van der Waals surface area contributed by atoms with Crippen molar-refractivity contribution in [2.75, 3.05) is 26.0 Å². The van der Waals surface area contributed by atoms with Crippen LogP contribution in [0.2, 0.25) is 0 Å². The Balaban J connectivity index is 1.85. The summed E-state index contributed by atoms with van der Waals surface area (Å²) in [4.78, 5) is 32.5. The zero-order valence-electron chi connectivity index (χ0n) is 17.0. The highest BCUT2D eigenvalue weighted by atomic mass is 32.2. The van der Waals surface area contributed by atoms with Gasteiger partial charge >= 0.3 is 0 Å². The Bertz CT molecular complexity index is 1030. The molecule has 3 rings (SSSR count). The van der Waals surface area contributed by atoms with Gasteiger partial charge in [0.15, 0.2) is 5.16 Å². The van der Waals surface area contributed by atoms with Crippen molar-refractivity contribution in [2.45, 2.75) is 30.3 Å². The highest BCUT2D eigenvalue weighted by molar-refractivity contribution is 8.00. The van der Waals surface area contributed by atoms with Crippen LogP contribution in [-0.2, 0) is 11.3 Å². The molecule has 0 unspecified atom stereocenters. The Morgan fingerprint density at radius 2 is 1.83 bits per heavy atom. The second-order valence-electron chi connectivity index (χ2n) is 7.14. The lowest BCUT2D eigenvalue weighted by Crippen LogP contribution is -2.28. The highest BCUT2D eigenvalue weighted by Crippen LogP contribution is 2.24. The van der Waals surface area contributed by atoms with Crippen LogP contribution in [0, 0.1) is 0 Å². The Hall–Kier alpha value is -2.64. The summed E-state index contributed by atoms with van der Waals surface area (Å²) in [5.41, 5.74) is 1.34. The predicted octanol–water partition coefficient (Wildman–Crippen LogP) is 3.47. The van der Waals surface area contributed by atoms with E-state index in [4.69, 9.17) is 4.98 Å². The molecule has 1 amide bonds. The molecule has 0 aliphatic heterocycles. The maximum Gasteiger partial charge on any atom is 0.262 e. The maximum absolute atomic E-state index is 13.1. The first-order chi connectivity index (χ1) is 14.0. The molecule has 0 saturated carbocycles. The van der Waals surface area contributed by atoms with Crippen molar-refractivity contribution >= 4 is 34.3 Å². The van der Waals surface area contributed by atoms with Crippen LogP contribution in [0.15, 0.2) is 64.5 Å². The summed E-state index contributed by atoms with van der Waals surface area (Å²) < 4.78 is 1.70. The van der Waals surface area contributed by atoms with E-state index in [1.54, 1.807) is 10.6 Å². The van der Waals surface area contributed by atoms with Crippen molar-refractivity contribution in [2.24, 2.45) is 0 Å². The number of carbonyl (C=O) groups is 1. The summed E-state index contributed by atoms with van der Waals surface area (Å²) in [6, 6.07) is 16.7. The van der Waals surface area contributed by atoms with Crippen molar-refractivity contribution < 1.29 is 4.79 Å². The summed E-state index contributed by atoms with van der Waals surface area (Å²) in [5, 5.41) is 3.68. The van der Waals surface area contributed by atoms with Gasteiger partial charge < -0.3 is 10.2 Å². The standard InChI is InChI=1S/C22H26N4O2S/c1-16(20(27)23-17-10-5-4-6-11-17)29-22-24-19-13-8-7-12-18(19)21(28)26(22)15-9-14-25(2)3/h4-8,10-13,16H,9,14-15H2,1-3H3,(H,23,27)/t16-/m0/s1. The number of anilines is 1. The minimum Gasteiger partial charge on any atom is -0.325 e. The van der Waals surface area contributed by atoms with E-state index in [-0.39, 0.29) is 11.5 Å². The van der Waals surface area contributed by atoms with E-state index in [1.807, 2.05) is 69.6 Å². The molecule has 3 aromatic rings. The van der Waals surface area contributed by atoms with E-state index in [2.05, 4.69) is 10.2 Å². The largest absolute Gasteiger partial charge is 0.325 e. The van der Waals surface area contributed by atoms with Gasteiger partial charge in [0.2, 0.25) is 5.91 Å². The lowest BCUT2D eigenvalue weighted by Gasteiger charge is -2.17. The molecule has 6 nitrogen and oxygen atoms in total. The predicted molar refractivity (Wildman–Crippen MR) is 120 cm³/mol. The number of benzene rings is 2. The van der Waals surface area contributed by atoms with Gasteiger partial charge in [0.05, 0.1) is 16.2 Å². The minimum absolute atomic E-state index is 0.0625. The number of aromatic nitrogens is 2. The first-order valence-electron chi connectivity index (χ1n) is 9.62. The smallest absolute Gasteiger partial charge is 0.262 e. The van der Waals surface area contributed by atoms with Crippen molar-refractivity contribution in [3.63, 3.8) is 0 Å². The van der Waals surface area contributed by atoms with E-state index < -0.39 is 5.25 Å². The van der Waals surface area contributed by atoms with Crippen LogP contribution in [0.25, 0.3) is 10.9 Å². The van der Waals surface area contributed by atoms with Gasteiger partial charge in [-0.15, -0.1) is 0 Å². The van der Waals surface area contributed by atoms with Gasteiger partial charge in [-0.2, -0.15) is 0 Å². The zero-order chi connectivity index (χ0) is 20.8. The topological polar surface area (TPSA) is 67.2 Å². The quantitative estimate of drug-likeness (QED) is 0.455. The summed E-state index contributed by atoms with van der Waals surface area (Å²) in [5.74, 6) is -0.122. The van der Waals surface area contributed by atoms with Gasteiger partial charge in [-0.25, -0.2) is 4.98 Å².